The molecule has 0 fully saturated rings. The number of rotatable bonds is 5. The van der Waals surface area contributed by atoms with Crippen molar-refractivity contribution in [3.05, 3.63) is 176 Å². The van der Waals surface area contributed by atoms with Gasteiger partial charge in [0.15, 0.2) is 0 Å². The maximum Gasteiger partial charge on any atom is 0.136 e. The Morgan fingerprint density at radius 2 is 1.26 bits per heavy atom. The third-order valence-corrected chi connectivity index (χ3v) is 7.39. The topological polar surface area (TPSA) is 51.8 Å². The van der Waals surface area contributed by atoms with Crippen LogP contribution in [0.15, 0.2) is 169 Å². The fourth-order valence-electron chi connectivity index (χ4n) is 5.13. The average molecular weight is 770 g/mol. The molecule has 4 nitrogen and oxygen atoms in total. The molecule has 4 aromatic heterocycles. The molecule has 4 aromatic carbocycles. The number of nitrogens with zero attached hydrogens (tertiary/aromatic N) is 3. The van der Waals surface area contributed by atoms with Crippen LogP contribution in [0.1, 0.15) is 0 Å². The fourth-order valence-corrected chi connectivity index (χ4v) is 5.13. The van der Waals surface area contributed by atoms with E-state index in [0.29, 0.717) is 0 Å². The van der Waals surface area contributed by atoms with Crippen LogP contribution in [0.3, 0.4) is 0 Å². The van der Waals surface area contributed by atoms with Gasteiger partial charge >= 0.3 is 0 Å². The molecule has 8 rings (SSSR count). The first-order valence-corrected chi connectivity index (χ1v) is 14.7. The molecule has 8 aromatic rings. The molecular weight excluding hydrogens is 743 g/mol. The van der Waals surface area contributed by atoms with Gasteiger partial charge in [-0.1, -0.05) is 54.6 Å². The molecule has 4 heterocycles. The minimum Gasteiger partial charge on any atom is -0.456 e. The van der Waals surface area contributed by atoms with E-state index in [4.69, 9.17) is 4.42 Å². The van der Waals surface area contributed by atoms with Crippen molar-refractivity contribution >= 4 is 11.0 Å². The number of fused-ring (bicyclic) bond motifs is 1. The van der Waals surface area contributed by atoms with Gasteiger partial charge in [-0.3, -0.25) is 4.98 Å². The van der Waals surface area contributed by atoms with E-state index in [9.17, 15) is 0 Å². The number of benzene rings is 4. The fraction of sp³-hybridized carbons (Fsp3) is 0. The van der Waals surface area contributed by atoms with Gasteiger partial charge in [-0.2, -0.15) is 0 Å². The summed E-state index contributed by atoms with van der Waals surface area (Å²) >= 11 is 0. The predicted octanol–water partition coefficient (Wildman–Crippen LogP) is 10.2. The molecule has 0 unspecified atom stereocenters. The largest absolute Gasteiger partial charge is 0.456 e. The van der Waals surface area contributed by atoms with Crippen molar-refractivity contribution in [3.8, 4) is 56.1 Å². The molecule has 0 aliphatic carbocycles. The van der Waals surface area contributed by atoms with Crippen molar-refractivity contribution in [3.63, 3.8) is 0 Å². The molecule has 0 saturated carbocycles. The summed E-state index contributed by atoms with van der Waals surface area (Å²) in [5.74, 6) is 0.819. The molecule has 0 saturated heterocycles. The van der Waals surface area contributed by atoms with Crippen LogP contribution < -0.4 is 0 Å². The van der Waals surface area contributed by atoms with Crippen LogP contribution in [0.5, 0.6) is 0 Å². The molecule has 0 bridgehead atoms. The van der Waals surface area contributed by atoms with Crippen molar-refractivity contribution in [2.24, 2.45) is 0 Å². The molecule has 0 atom stereocenters. The number of aromatic nitrogens is 3. The molecule has 0 aliphatic heterocycles. The summed E-state index contributed by atoms with van der Waals surface area (Å²) in [5.41, 5.74) is 10.3. The van der Waals surface area contributed by atoms with Gasteiger partial charge < -0.3 is 14.4 Å². The van der Waals surface area contributed by atoms with E-state index in [-0.39, 0.29) is 20.1 Å². The van der Waals surface area contributed by atoms with Crippen molar-refractivity contribution in [1.29, 1.82) is 0 Å². The van der Waals surface area contributed by atoms with E-state index in [0.717, 1.165) is 61.5 Å². The summed E-state index contributed by atoms with van der Waals surface area (Å²) in [7, 11) is 0. The SMILES string of the molecule is [Ir].[c-]1ccc(-c2ccc3oc(-c4cccnc4)cc3c2)cc1-c1cc(-c2ccccc2)ccn1.[c-]1ccccc1-c1ccccn1. The molecule has 5 heteroatoms. The summed E-state index contributed by atoms with van der Waals surface area (Å²) in [6, 6.07) is 53.1. The summed E-state index contributed by atoms with van der Waals surface area (Å²) in [6.45, 7) is 0. The van der Waals surface area contributed by atoms with E-state index in [1.165, 1.54) is 5.56 Å². The quantitative estimate of drug-likeness (QED) is 0.164. The minimum atomic E-state index is 0. The molecule has 223 valence electrons. The van der Waals surface area contributed by atoms with Gasteiger partial charge in [0.25, 0.3) is 0 Å². The van der Waals surface area contributed by atoms with Gasteiger partial charge in [-0.15, -0.1) is 71.3 Å². The molecule has 1 radical (unpaired) electrons. The standard InChI is InChI=1S/C30H19N2O.C11H8N.Ir/c1-2-6-21(7-3-1)24-13-15-32-28(18-24)25-9-4-8-22(16-25)23-11-12-29-27(17-23)19-30(33-29)26-10-5-14-31-20-26;1-2-6-10(7-3-1)11-8-4-5-9-12-11;/h1-8,10-20H;1-6,8-9H;/q2*-1;. The zero-order chi connectivity index (χ0) is 30.3. The number of hydrogen-bond acceptors (Lipinski definition) is 4. The molecule has 0 spiro atoms. The Bertz CT molecular complexity index is 2110. The van der Waals surface area contributed by atoms with Crippen LogP contribution in [0.2, 0.25) is 0 Å². The van der Waals surface area contributed by atoms with Crippen LogP contribution in [0.4, 0.5) is 0 Å². The van der Waals surface area contributed by atoms with E-state index in [2.05, 4.69) is 75.6 Å². The zero-order valence-electron chi connectivity index (χ0n) is 24.7. The maximum absolute atomic E-state index is 6.04. The average Bonchev–Trinajstić information content (AvgIpc) is 3.57. The Balaban J connectivity index is 0.000000241. The smallest absolute Gasteiger partial charge is 0.136 e. The Morgan fingerprint density at radius 3 is 2.07 bits per heavy atom. The summed E-state index contributed by atoms with van der Waals surface area (Å²) in [5, 5.41) is 1.06. The predicted molar refractivity (Wildman–Crippen MR) is 181 cm³/mol. The molecular formula is C41H27IrN3O-2. The molecule has 46 heavy (non-hydrogen) atoms. The number of furan rings is 1. The first kappa shape index (κ1) is 30.5. The van der Waals surface area contributed by atoms with Crippen LogP contribution >= 0.6 is 0 Å². The van der Waals surface area contributed by atoms with Crippen molar-refractivity contribution < 1.29 is 24.5 Å². The maximum atomic E-state index is 6.04. The van der Waals surface area contributed by atoms with Gasteiger partial charge in [-0.05, 0) is 70.5 Å². The van der Waals surface area contributed by atoms with Gasteiger partial charge in [0.1, 0.15) is 11.3 Å². The number of pyridine rings is 3. The second-order valence-electron chi connectivity index (χ2n) is 10.4. The van der Waals surface area contributed by atoms with E-state index >= 15 is 0 Å². The van der Waals surface area contributed by atoms with Crippen molar-refractivity contribution in [2.45, 2.75) is 0 Å². The van der Waals surface area contributed by atoms with Crippen LogP contribution in [0, 0.1) is 12.1 Å². The Morgan fingerprint density at radius 1 is 0.478 bits per heavy atom. The van der Waals surface area contributed by atoms with Crippen LogP contribution in [0.25, 0.3) is 67.1 Å². The first-order valence-electron chi connectivity index (χ1n) is 14.7. The summed E-state index contributed by atoms with van der Waals surface area (Å²) in [6.07, 6.45) is 7.22. The third kappa shape index (κ3) is 7.08. The summed E-state index contributed by atoms with van der Waals surface area (Å²) in [4.78, 5) is 13.0. The monoisotopic (exact) mass is 770 g/mol. The van der Waals surface area contributed by atoms with Gasteiger partial charge in [0.2, 0.25) is 0 Å². The van der Waals surface area contributed by atoms with Crippen molar-refractivity contribution in [1.82, 2.24) is 15.0 Å². The molecule has 0 amide bonds. The van der Waals surface area contributed by atoms with E-state index in [1.807, 2.05) is 103 Å². The van der Waals surface area contributed by atoms with Gasteiger partial charge in [-0.25, -0.2) is 0 Å². The number of hydrogen-bond donors (Lipinski definition) is 0. The normalized spacial score (nSPS) is 10.4. The van der Waals surface area contributed by atoms with Crippen LogP contribution in [-0.4, -0.2) is 15.0 Å². The Kier molecular flexibility index (Phi) is 9.65. The zero-order valence-corrected chi connectivity index (χ0v) is 27.1. The second-order valence-corrected chi connectivity index (χ2v) is 10.4. The minimum absolute atomic E-state index is 0. The first-order chi connectivity index (χ1) is 22.3. The molecule has 0 aliphatic rings. The third-order valence-electron chi connectivity index (χ3n) is 7.39. The van der Waals surface area contributed by atoms with E-state index < -0.39 is 0 Å². The van der Waals surface area contributed by atoms with E-state index in [1.54, 1.807) is 12.4 Å². The summed E-state index contributed by atoms with van der Waals surface area (Å²) < 4.78 is 6.04. The van der Waals surface area contributed by atoms with Crippen molar-refractivity contribution in [2.75, 3.05) is 0 Å². The molecule has 0 N–H and O–H groups in total. The Hall–Kier alpha value is -5.48. The van der Waals surface area contributed by atoms with Crippen LogP contribution in [-0.2, 0) is 20.1 Å². The Labute approximate surface area is 281 Å². The van der Waals surface area contributed by atoms with Gasteiger partial charge in [0.05, 0.1) is 0 Å². The second kappa shape index (κ2) is 14.5. The van der Waals surface area contributed by atoms with Gasteiger partial charge in [0, 0.05) is 55.8 Å².